The molecule has 1 N–H and O–H groups in total. The molecule has 0 heterocycles. The third kappa shape index (κ3) is 3.84. The molecule has 0 saturated heterocycles. The molecule has 0 aromatic heterocycles. The molecule has 19 heavy (non-hydrogen) atoms. The fourth-order valence-corrected chi connectivity index (χ4v) is 1.57. The zero-order valence-electron chi connectivity index (χ0n) is 10.3. The molecular formula is C16H13FO2. The lowest BCUT2D eigenvalue weighted by molar-refractivity contribution is 0.290. The molecule has 0 amide bonds. The summed E-state index contributed by atoms with van der Waals surface area (Å²) in [7, 11) is 0. The van der Waals surface area contributed by atoms with Crippen molar-refractivity contribution in [3.05, 3.63) is 65.5 Å². The average Bonchev–Trinajstić information content (AvgIpc) is 2.46. The van der Waals surface area contributed by atoms with E-state index in [-0.39, 0.29) is 12.4 Å². The molecule has 2 nitrogen and oxygen atoms in total. The molecule has 0 atom stereocenters. The van der Waals surface area contributed by atoms with Gasteiger partial charge in [-0.25, -0.2) is 4.39 Å². The second-order valence-electron chi connectivity index (χ2n) is 3.88. The van der Waals surface area contributed by atoms with E-state index in [1.165, 1.54) is 12.1 Å². The minimum Gasteiger partial charge on any atom is -0.486 e. The summed E-state index contributed by atoms with van der Waals surface area (Å²) in [5, 5.41) is 8.62. The zero-order chi connectivity index (χ0) is 13.5. The van der Waals surface area contributed by atoms with Gasteiger partial charge in [-0.1, -0.05) is 42.2 Å². The summed E-state index contributed by atoms with van der Waals surface area (Å²) in [6.07, 6.45) is 0. The largest absolute Gasteiger partial charge is 0.486 e. The first-order chi connectivity index (χ1) is 9.29. The number of aliphatic hydroxyl groups is 1. The van der Waals surface area contributed by atoms with Crippen LogP contribution in [0.15, 0.2) is 48.5 Å². The first-order valence-corrected chi connectivity index (χ1v) is 5.85. The topological polar surface area (TPSA) is 29.5 Å². The van der Waals surface area contributed by atoms with Gasteiger partial charge in [0.05, 0.1) is 0 Å². The molecule has 0 aliphatic rings. The summed E-state index contributed by atoms with van der Waals surface area (Å²) >= 11 is 0. The molecule has 2 rings (SSSR count). The lowest BCUT2D eigenvalue weighted by atomic mass is 10.2. The molecule has 2 aromatic rings. The van der Waals surface area contributed by atoms with Crippen LogP contribution in [-0.2, 0) is 6.61 Å². The molecule has 0 spiro atoms. The minimum atomic E-state index is -0.425. The molecule has 0 bridgehead atoms. The number of benzene rings is 2. The number of ether oxygens (including phenoxy) is 1. The third-order valence-electron chi connectivity index (χ3n) is 2.48. The van der Waals surface area contributed by atoms with Gasteiger partial charge >= 0.3 is 0 Å². The van der Waals surface area contributed by atoms with E-state index in [4.69, 9.17) is 9.84 Å². The van der Waals surface area contributed by atoms with Gasteiger partial charge in [-0.15, -0.1) is 0 Å². The Hall–Kier alpha value is -2.31. The Morgan fingerprint density at radius 1 is 1.11 bits per heavy atom. The molecule has 0 aliphatic heterocycles. The van der Waals surface area contributed by atoms with E-state index >= 15 is 0 Å². The first kappa shape index (κ1) is 13.1. The zero-order valence-corrected chi connectivity index (χ0v) is 10.3. The molecule has 3 heteroatoms. The summed E-state index contributed by atoms with van der Waals surface area (Å²) in [4.78, 5) is 0. The quantitative estimate of drug-likeness (QED) is 0.856. The van der Waals surface area contributed by atoms with Crippen LogP contribution in [0, 0.1) is 17.7 Å². The van der Waals surface area contributed by atoms with Crippen LogP contribution in [0.3, 0.4) is 0 Å². The molecule has 2 aromatic carbocycles. The van der Waals surface area contributed by atoms with E-state index in [9.17, 15) is 4.39 Å². The first-order valence-electron chi connectivity index (χ1n) is 5.85. The number of hydrogen-bond acceptors (Lipinski definition) is 2. The van der Waals surface area contributed by atoms with Crippen molar-refractivity contribution in [2.75, 3.05) is 6.61 Å². The van der Waals surface area contributed by atoms with Crippen LogP contribution >= 0.6 is 0 Å². The Balaban J connectivity index is 2.11. The van der Waals surface area contributed by atoms with Gasteiger partial charge in [0.2, 0.25) is 0 Å². The lowest BCUT2D eigenvalue weighted by Gasteiger charge is -2.07. The monoisotopic (exact) mass is 256 g/mol. The number of halogens is 1. The maximum absolute atomic E-state index is 13.6. The molecular weight excluding hydrogens is 243 g/mol. The maximum Gasteiger partial charge on any atom is 0.165 e. The number of hydrogen-bond donors (Lipinski definition) is 1. The Morgan fingerprint density at radius 2 is 1.89 bits per heavy atom. The van der Waals surface area contributed by atoms with E-state index in [1.54, 1.807) is 6.07 Å². The predicted octanol–water partition coefficient (Wildman–Crippen LogP) is 2.75. The summed E-state index contributed by atoms with van der Waals surface area (Å²) in [6, 6.07) is 13.9. The van der Waals surface area contributed by atoms with Gasteiger partial charge in [0.15, 0.2) is 11.6 Å². The Morgan fingerprint density at radius 3 is 2.63 bits per heavy atom. The number of aliphatic hydroxyl groups excluding tert-OH is 1. The molecule has 0 saturated carbocycles. The minimum absolute atomic E-state index is 0.161. The van der Waals surface area contributed by atoms with E-state index in [1.807, 2.05) is 30.3 Å². The lowest BCUT2D eigenvalue weighted by Crippen LogP contribution is -1.97. The van der Waals surface area contributed by atoms with Gasteiger partial charge in [-0.05, 0) is 23.8 Å². The van der Waals surface area contributed by atoms with Gasteiger partial charge in [0.25, 0.3) is 0 Å². The standard InChI is InChI=1S/C16H13FO2/c17-15-9-8-13(7-4-10-18)11-16(15)19-12-14-5-2-1-3-6-14/h1-3,5-6,8-9,11,18H,10,12H2. The van der Waals surface area contributed by atoms with E-state index in [0.717, 1.165) is 5.56 Å². The Bertz CT molecular complexity index is 597. The van der Waals surface area contributed by atoms with E-state index in [2.05, 4.69) is 11.8 Å². The summed E-state index contributed by atoms with van der Waals surface area (Å²) < 4.78 is 19.0. The SMILES string of the molecule is OCC#Cc1ccc(F)c(OCc2ccccc2)c1. The van der Waals surface area contributed by atoms with Crippen molar-refractivity contribution in [2.24, 2.45) is 0 Å². The van der Waals surface area contributed by atoms with E-state index < -0.39 is 5.82 Å². The second kappa shape index (κ2) is 6.58. The average molecular weight is 256 g/mol. The highest BCUT2D eigenvalue weighted by molar-refractivity contribution is 5.40. The van der Waals surface area contributed by atoms with Gasteiger partial charge in [0.1, 0.15) is 13.2 Å². The van der Waals surface area contributed by atoms with Gasteiger partial charge < -0.3 is 9.84 Å². The van der Waals surface area contributed by atoms with Gasteiger partial charge in [-0.2, -0.15) is 0 Å². The van der Waals surface area contributed by atoms with Gasteiger partial charge in [-0.3, -0.25) is 0 Å². The smallest absolute Gasteiger partial charge is 0.165 e. The maximum atomic E-state index is 13.6. The highest BCUT2D eigenvalue weighted by atomic mass is 19.1. The number of rotatable bonds is 3. The summed E-state index contributed by atoms with van der Waals surface area (Å²) in [6.45, 7) is 0.0756. The molecule has 0 unspecified atom stereocenters. The van der Waals surface area contributed by atoms with Crippen LogP contribution < -0.4 is 4.74 Å². The van der Waals surface area contributed by atoms with Crippen molar-refractivity contribution in [2.45, 2.75) is 6.61 Å². The van der Waals surface area contributed by atoms with Crippen LogP contribution in [0.5, 0.6) is 5.75 Å². The Kier molecular flexibility index (Phi) is 4.54. The fraction of sp³-hybridized carbons (Fsp3) is 0.125. The second-order valence-corrected chi connectivity index (χ2v) is 3.88. The van der Waals surface area contributed by atoms with Crippen molar-refractivity contribution in [3.63, 3.8) is 0 Å². The molecule has 96 valence electrons. The Labute approximate surface area is 111 Å². The van der Waals surface area contributed by atoms with Crippen molar-refractivity contribution in [1.29, 1.82) is 0 Å². The molecule has 0 radical (unpaired) electrons. The molecule has 0 aliphatic carbocycles. The fourth-order valence-electron chi connectivity index (χ4n) is 1.57. The van der Waals surface area contributed by atoms with Gasteiger partial charge in [0, 0.05) is 5.56 Å². The molecule has 0 fully saturated rings. The normalized spacial score (nSPS) is 9.58. The van der Waals surface area contributed by atoms with Crippen molar-refractivity contribution < 1.29 is 14.2 Å². The highest BCUT2D eigenvalue weighted by Crippen LogP contribution is 2.19. The van der Waals surface area contributed by atoms with Crippen LogP contribution in [0.25, 0.3) is 0 Å². The summed E-state index contributed by atoms with van der Waals surface area (Å²) in [5.74, 6) is 4.96. The van der Waals surface area contributed by atoms with Crippen LogP contribution in [0.4, 0.5) is 4.39 Å². The van der Waals surface area contributed by atoms with Crippen molar-refractivity contribution in [3.8, 4) is 17.6 Å². The van der Waals surface area contributed by atoms with Crippen LogP contribution in [0.1, 0.15) is 11.1 Å². The summed E-state index contributed by atoms with van der Waals surface area (Å²) in [5.41, 5.74) is 1.58. The van der Waals surface area contributed by atoms with Crippen LogP contribution in [0.2, 0.25) is 0 Å². The van der Waals surface area contributed by atoms with Crippen molar-refractivity contribution >= 4 is 0 Å². The van der Waals surface area contributed by atoms with E-state index in [0.29, 0.717) is 12.2 Å². The predicted molar refractivity (Wildman–Crippen MR) is 71.1 cm³/mol. The third-order valence-corrected chi connectivity index (χ3v) is 2.48. The highest BCUT2D eigenvalue weighted by Gasteiger charge is 2.04. The van der Waals surface area contributed by atoms with Crippen LogP contribution in [-0.4, -0.2) is 11.7 Å². The van der Waals surface area contributed by atoms with Crippen molar-refractivity contribution in [1.82, 2.24) is 0 Å².